The number of hydrogen-bond donors (Lipinski definition) is 2. The highest BCUT2D eigenvalue weighted by atomic mass is 127. The molecule has 1 rings (SSSR count). The van der Waals surface area contributed by atoms with Crippen LogP contribution in [0.4, 0.5) is 13.2 Å². The van der Waals surface area contributed by atoms with Crippen molar-refractivity contribution in [2.45, 2.75) is 33.0 Å². The first-order valence-electron chi connectivity index (χ1n) is 7.39. The molecule has 5 nitrogen and oxygen atoms in total. The van der Waals surface area contributed by atoms with Gasteiger partial charge in [-0.15, -0.1) is 24.0 Å². The summed E-state index contributed by atoms with van der Waals surface area (Å²) in [4.78, 5) is 7.85. The minimum absolute atomic E-state index is 0. The molecular formula is C15H24F3IN4O. The summed E-state index contributed by atoms with van der Waals surface area (Å²) in [5.41, 5.74) is 0.754. The Labute approximate surface area is 157 Å². The van der Waals surface area contributed by atoms with Crippen molar-refractivity contribution in [3.05, 3.63) is 23.9 Å². The number of aliphatic imine (C=N–C) groups is 1. The van der Waals surface area contributed by atoms with Gasteiger partial charge in [0.25, 0.3) is 0 Å². The lowest BCUT2D eigenvalue weighted by atomic mass is 10.1. The zero-order valence-corrected chi connectivity index (χ0v) is 16.3. The highest BCUT2D eigenvalue weighted by Crippen LogP contribution is 2.17. The third kappa shape index (κ3) is 10.5. The minimum atomic E-state index is -4.38. The van der Waals surface area contributed by atoms with Crippen molar-refractivity contribution in [1.82, 2.24) is 15.6 Å². The maximum atomic E-state index is 12.1. The Bertz CT molecular complexity index is 510. The van der Waals surface area contributed by atoms with Crippen LogP contribution in [0.15, 0.2) is 23.3 Å². The van der Waals surface area contributed by atoms with Gasteiger partial charge < -0.3 is 15.4 Å². The van der Waals surface area contributed by atoms with Crippen LogP contribution in [-0.4, -0.2) is 37.3 Å². The van der Waals surface area contributed by atoms with E-state index in [1.54, 1.807) is 13.1 Å². The Hall–Kier alpha value is -1.26. The van der Waals surface area contributed by atoms with Gasteiger partial charge in [-0.1, -0.05) is 13.8 Å². The van der Waals surface area contributed by atoms with Gasteiger partial charge >= 0.3 is 6.18 Å². The van der Waals surface area contributed by atoms with E-state index in [9.17, 15) is 13.2 Å². The van der Waals surface area contributed by atoms with Crippen molar-refractivity contribution in [1.29, 1.82) is 0 Å². The van der Waals surface area contributed by atoms with Gasteiger partial charge in [-0.3, -0.25) is 4.99 Å². The van der Waals surface area contributed by atoms with Crippen LogP contribution in [0.1, 0.15) is 25.8 Å². The molecule has 24 heavy (non-hydrogen) atoms. The molecule has 138 valence electrons. The number of nitrogens with zero attached hydrogens (tertiary/aromatic N) is 2. The molecule has 0 radical (unpaired) electrons. The highest BCUT2D eigenvalue weighted by Gasteiger charge is 2.28. The summed E-state index contributed by atoms with van der Waals surface area (Å²) >= 11 is 0. The summed E-state index contributed by atoms with van der Waals surface area (Å²) in [6.07, 6.45) is -1.94. The van der Waals surface area contributed by atoms with Crippen LogP contribution in [0.3, 0.4) is 0 Å². The quantitative estimate of drug-likeness (QED) is 0.373. The molecule has 1 heterocycles. The Kier molecular flexibility index (Phi) is 10.7. The lowest BCUT2D eigenvalue weighted by molar-refractivity contribution is -0.154. The van der Waals surface area contributed by atoms with E-state index in [2.05, 4.69) is 39.2 Å². The van der Waals surface area contributed by atoms with E-state index in [0.29, 0.717) is 18.4 Å². The number of guanidine groups is 1. The number of pyridine rings is 1. The molecule has 0 saturated heterocycles. The van der Waals surface area contributed by atoms with Gasteiger partial charge in [0.15, 0.2) is 12.6 Å². The van der Waals surface area contributed by atoms with E-state index in [4.69, 9.17) is 0 Å². The summed E-state index contributed by atoms with van der Waals surface area (Å²) in [7, 11) is 1.66. The van der Waals surface area contributed by atoms with Gasteiger partial charge in [-0.05, 0) is 24.0 Å². The molecule has 0 unspecified atom stereocenters. The van der Waals surface area contributed by atoms with E-state index in [0.717, 1.165) is 18.5 Å². The van der Waals surface area contributed by atoms with Crippen molar-refractivity contribution in [2.24, 2.45) is 10.9 Å². The van der Waals surface area contributed by atoms with E-state index < -0.39 is 12.8 Å². The fourth-order valence-corrected chi connectivity index (χ4v) is 1.68. The van der Waals surface area contributed by atoms with Crippen LogP contribution in [0.2, 0.25) is 0 Å². The van der Waals surface area contributed by atoms with Crippen molar-refractivity contribution < 1.29 is 17.9 Å². The zero-order chi connectivity index (χ0) is 17.3. The first-order chi connectivity index (χ1) is 10.8. The van der Waals surface area contributed by atoms with E-state index in [1.807, 2.05) is 0 Å². The molecule has 0 amide bonds. The molecule has 0 bridgehead atoms. The minimum Gasteiger partial charge on any atom is -0.468 e. The first-order valence-corrected chi connectivity index (χ1v) is 7.39. The van der Waals surface area contributed by atoms with Crippen molar-refractivity contribution in [3.63, 3.8) is 0 Å². The molecular weight excluding hydrogens is 436 g/mol. The predicted molar refractivity (Wildman–Crippen MR) is 98.9 cm³/mol. The molecule has 1 aromatic heterocycles. The number of hydrogen-bond acceptors (Lipinski definition) is 3. The summed E-state index contributed by atoms with van der Waals surface area (Å²) in [6, 6.07) is 3.18. The van der Waals surface area contributed by atoms with Gasteiger partial charge in [0, 0.05) is 32.4 Å². The lowest BCUT2D eigenvalue weighted by Gasteiger charge is -2.13. The highest BCUT2D eigenvalue weighted by molar-refractivity contribution is 14.0. The summed E-state index contributed by atoms with van der Waals surface area (Å²) < 4.78 is 41.0. The monoisotopic (exact) mass is 460 g/mol. The van der Waals surface area contributed by atoms with Crippen molar-refractivity contribution in [2.75, 3.05) is 20.2 Å². The average molecular weight is 460 g/mol. The smallest absolute Gasteiger partial charge is 0.422 e. The lowest BCUT2D eigenvalue weighted by Crippen LogP contribution is -2.37. The molecule has 0 aliphatic heterocycles. The van der Waals surface area contributed by atoms with Gasteiger partial charge in [-0.2, -0.15) is 13.2 Å². The molecule has 0 spiro atoms. The molecule has 0 aromatic carbocycles. The molecule has 0 aliphatic rings. The summed E-state index contributed by atoms with van der Waals surface area (Å²) in [5, 5.41) is 6.27. The summed E-state index contributed by atoms with van der Waals surface area (Å²) in [6.45, 7) is 4.13. The SMILES string of the molecule is CN=C(NCCC(C)C)NCc1ccnc(OCC(F)(F)F)c1.I. The second kappa shape index (κ2) is 11.3. The van der Waals surface area contributed by atoms with E-state index >= 15 is 0 Å². The van der Waals surface area contributed by atoms with Crippen LogP contribution >= 0.6 is 24.0 Å². The number of nitrogens with one attached hydrogen (secondary N) is 2. The van der Waals surface area contributed by atoms with Gasteiger partial charge in [0.2, 0.25) is 5.88 Å². The number of alkyl halides is 3. The largest absolute Gasteiger partial charge is 0.468 e. The van der Waals surface area contributed by atoms with Crippen molar-refractivity contribution >= 4 is 29.9 Å². The second-order valence-corrected chi connectivity index (χ2v) is 5.44. The number of aromatic nitrogens is 1. The molecule has 1 aromatic rings. The van der Waals surface area contributed by atoms with Crippen LogP contribution in [0.25, 0.3) is 0 Å². The molecule has 2 N–H and O–H groups in total. The van der Waals surface area contributed by atoms with Crippen molar-refractivity contribution in [3.8, 4) is 5.88 Å². The molecule has 0 atom stereocenters. The fraction of sp³-hybridized carbons (Fsp3) is 0.600. The van der Waals surface area contributed by atoms with Crippen LogP contribution in [-0.2, 0) is 6.54 Å². The Balaban J connectivity index is 0.00000529. The Morgan fingerprint density at radius 1 is 1.33 bits per heavy atom. The molecule has 0 aliphatic carbocycles. The van der Waals surface area contributed by atoms with E-state index in [-0.39, 0.29) is 29.9 Å². The number of halogens is 4. The third-order valence-electron chi connectivity index (χ3n) is 2.88. The van der Waals surface area contributed by atoms with Gasteiger partial charge in [0.05, 0.1) is 0 Å². The van der Waals surface area contributed by atoms with Gasteiger partial charge in [-0.25, -0.2) is 4.98 Å². The number of rotatable bonds is 7. The standard InChI is InChI=1S/C15H23F3N4O.HI/c1-11(2)4-6-21-14(19-3)22-9-12-5-7-20-13(8-12)23-10-15(16,17)18;/h5,7-8,11H,4,6,9-10H2,1-3H3,(H2,19,21,22);1H. The normalized spacial score (nSPS) is 11.9. The van der Waals surface area contributed by atoms with Crippen LogP contribution in [0, 0.1) is 5.92 Å². The molecule has 0 saturated carbocycles. The fourth-order valence-electron chi connectivity index (χ4n) is 1.68. The second-order valence-electron chi connectivity index (χ2n) is 5.44. The van der Waals surface area contributed by atoms with Gasteiger partial charge in [0.1, 0.15) is 0 Å². The molecule has 0 fully saturated rings. The topological polar surface area (TPSA) is 58.5 Å². The maximum Gasteiger partial charge on any atom is 0.422 e. The Morgan fingerprint density at radius 3 is 2.62 bits per heavy atom. The Morgan fingerprint density at radius 2 is 2.04 bits per heavy atom. The zero-order valence-electron chi connectivity index (χ0n) is 14.0. The van der Waals surface area contributed by atoms with Crippen LogP contribution in [0.5, 0.6) is 5.88 Å². The maximum absolute atomic E-state index is 12.1. The predicted octanol–water partition coefficient (Wildman–Crippen LogP) is 3.35. The average Bonchev–Trinajstić information content (AvgIpc) is 2.48. The number of ether oxygens (including phenoxy) is 1. The third-order valence-corrected chi connectivity index (χ3v) is 2.88. The summed E-state index contributed by atoms with van der Waals surface area (Å²) in [5.74, 6) is 1.18. The van der Waals surface area contributed by atoms with E-state index in [1.165, 1.54) is 12.3 Å². The molecule has 9 heteroatoms. The van der Waals surface area contributed by atoms with Crippen LogP contribution < -0.4 is 15.4 Å². The first kappa shape index (κ1) is 22.7.